The summed E-state index contributed by atoms with van der Waals surface area (Å²) in [6.45, 7) is 0.415. The number of aryl methyl sites for hydroxylation is 1. The third kappa shape index (κ3) is 4.44. The maximum atomic E-state index is 11.7. The molecule has 2 N–H and O–H groups in total. The van der Waals surface area contributed by atoms with Gasteiger partial charge in [-0.05, 0) is 12.1 Å². The number of hydrogen-bond acceptors (Lipinski definition) is 3. The molecular weight excluding hydrogens is 302 g/mol. The molecule has 0 saturated heterocycles. The summed E-state index contributed by atoms with van der Waals surface area (Å²) in [5.74, 6) is -0.261. The van der Waals surface area contributed by atoms with Gasteiger partial charge in [0.15, 0.2) is 0 Å². The van der Waals surface area contributed by atoms with Crippen LogP contribution in [0.15, 0.2) is 36.5 Å². The quantitative estimate of drug-likeness (QED) is 0.612. The average Bonchev–Trinajstić information content (AvgIpc) is 2.78. The van der Waals surface area contributed by atoms with Crippen LogP contribution < -0.4 is 10.0 Å². The van der Waals surface area contributed by atoms with Crippen LogP contribution in [0.3, 0.4) is 0 Å². The van der Waals surface area contributed by atoms with Gasteiger partial charge in [0.05, 0.1) is 6.26 Å². The number of hydrogen-bond donors (Lipinski definition) is 2. The largest absolute Gasteiger partial charge is 0.351 e. The van der Waals surface area contributed by atoms with Gasteiger partial charge in [0, 0.05) is 48.9 Å². The van der Waals surface area contributed by atoms with Gasteiger partial charge in [0.1, 0.15) is 0 Å². The molecule has 0 aliphatic carbocycles. The van der Waals surface area contributed by atoms with Gasteiger partial charge in [-0.1, -0.05) is 18.2 Å². The Kier molecular flexibility index (Phi) is 4.99. The molecule has 1 amide bonds. The molecule has 2 rings (SSSR count). The summed E-state index contributed by atoms with van der Waals surface area (Å²) in [6.07, 6.45) is 6.23. The van der Waals surface area contributed by atoms with E-state index in [1.165, 1.54) is 6.08 Å². The van der Waals surface area contributed by atoms with E-state index in [2.05, 4.69) is 10.0 Å². The second kappa shape index (κ2) is 6.76. The zero-order chi connectivity index (χ0) is 16.2. The van der Waals surface area contributed by atoms with E-state index in [1.807, 2.05) is 42.1 Å². The van der Waals surface area contributed by atoms with Crippen molar-refractivity contribution in [2.45, 2.75) is 0 Å². The first kappa shape index (κ1) is 16.3. The molecule has 1 aromatic heterocycles. The van der Waals surface area contributed by atoms with Crippen LogP contribution in [0, 0.1) is 0 Å². The van der Waals surface area contributed by atoms with Crippen LogP contribution in [-0.2, 0) is 21.9 Å². The van der Waals surface area contributed by atoms with Crippen LogP contribution in [0.2, 0.25) is 0 Å². The van der Waals surface area contributed by atoms with Gasteiger partial charge < -0.3 is 9.88 Å². The zero-order valence-electron chi connectivity index (χ0n) is 12.5. The second-order valence-electron chi connectivity index (χ2n) is 5.00. The van der Waals surface area contributed by atoms with Crippen LogP contribution >= 0.6 is 0 Å². The smallest absolute Gasteiger partial charge is 0.244 e. The minimum atomic E-state index is -3.22. The first-order chi connectivity index (χ1) is 10.4. The van der Waals surface area contributed by atoms with Gasteiger partial charge in [-0.15, -0.1) is 0 Å². The van der Waals surface area contributed by atoms with Crippen LogP contribution in [0.4, 0.5) is 0 Å². The third-order valence-electron chi connectivity index (χ3n) is 3.13. The summed E-state index contributed by atoms with van der Waals surface area (Å²) in [6, 6.07) is 7.94. The molecule has 1 aromatic carbocycles. The molecule has 0 fully saturated rings. The molecule has 0 aliphatic heterocycles. The van der Waals surface area contributed by atoms with E-state index < -0.39 is 10.0 Å². The lowest BCUT2D eigenvalue weighted by Crippen LogP contribution is -2.33. The van der Waals surface area contributed by atoms with Crippen LogP contribution in [-0.4, -0.2) is 38.2 Å². The summed E-state index contributed by atoms with van der Waals surface area (Å²) < 4.78 is 26.1. The number of nitrogens with zero attached hydrogens (tertiary/aromatic N) is 1. The third-order valence-corrected chi connectivity index (χ3v) is 3.86. The fourth-order valence-electron chi connectivity index (χ4n) is 2.15. The number of nitrogens with one attached hydrogen (secondary N) is 2. The molecule has 0 spiro atoms. The standard InChI is InChI=1S/C15H19N3O3S/c1-18-11-12(13-5-3-4-6-14(13)18)7-8-15(19)16-9-10-17-22(2,20)21/h3-8,11,17H,9-10H2,1-2H3,(H,16,19). The minimum absolute atomic E-state index is 0.173. The monoisotopic (exact) mass is 321 g/mol. The number of sulfonamides is 1. The fraction of sp³-hybridized carbons (Fsp3) is 0.267. The molecule has 7 heteroatoms. The average molecular weight is 321 g/mol. The molecule has 2 aromatic rings. The number of fused-ring (bicyclic) bond motifs is 1. The molecule has 6 nitrogen and oxygen atoms in total. The van der Waals surface area contributed by atoms with Gasteiger partial charge in [0.2, 0.25) is 15.9 Å². The van der Waals surface area contributed by atoms with Crippen molar-refractivity contribution in [2.24, 2.45) is 7.05 Å². The molecule has 0 aliphatic rings. The van der Waals surface area contributed by atoms with Crippen molar-refractivity contribution in [1.29, 1.82) is 0 Å². The molecule has 0 radical (unpaired) electrons. The number of aromatic nitrogens is 1. The number of para-hydroxylation sites is 1. The predicted octanol–water partition coefficient (Wildman–Crippen LogP) is 0.857. The van der Waals surface area contributed by atoms with Crippen molar-refractivity contribution >= 4 is 32.9 Å². The molecule has 22 heavy (non-hydrogen) atoms. The van der Waals surface area contributed by atoms with E-state index in [0.717, 1.165) is 22.7 Å². The molecule has 1 heterocycles. The topological polar surface area (TPSA) is 80.2 Å². The Morgan fingerprint density at radius 3 is 2.73 bits per heavy atom. The SMILES string of the molecule is Cn1cc(C=CC(=O)NCCNS(C)(=O)=O)c2ccccc21. The number of rotatable bonds is 6. The van der Waals surface area contributed by atoms with Gasteiger partial charge in [0.25, 0.3) is 0 Å². The van der Waals surface area contributed by atoms with Crippen molar-refractivity contribution in [1.82, 2.24) is 14.6 Å². The highest BCUT2D eigenvalue weighted by atomic mass is 32.2. The lowest BCUT2D eigenvalue weighted by atomic mass is 10.1. The first-order valence-corrected chi connectivity index (χ1v) is 8.70. The van der Waals surface area contributed by atoms with Crippen molar-refractivity contribution in [2.75, 3.05) is 19.3 Å². The van der Waals surface area contributed by atoms with E-state index in [1.54, 1.807) is 6.08 Å². The normalized spacial score (nSPS) is 12.1. The van der Waals surface area contributed by atoms with Gasteiger partial charge in [-0.25, -0.2) is 13.1 Å². The number of benzene rings is 1. The predicted molar refractivity (Wildman–Crippen MR) is 87.8 cm³/mol. The van der Waals surface area contributed by atoms with Crippen LogP contribution in [0.5, 0.6) is 0 Å². The Balaban J connectivity index is 1.94. The number of amides is 1. The van der Waals surface area contributed by atoms with E-state index in [4.69, 9.17) is 0 Å². The molecule has 0 unspecified atom stereocenters. The lowest BCUT2D eigenvalue weighted by Gasteiger charge is -2.02. The van der Waals surface area contributed by atoms with Crippen molar-refractivity contribution in [3.8, 4) is 0 Å². The van der Waals surface area contributed by atoms with Crippen molar-refractivity contribution < 1.29 is 13.2 Å². The Bertz CT molecular complexity index is 807. The van der Waals surface area contributed by atoms with Crippen molar-refractivity contribution in [3.05, 3.63) is 42.1 Å². The summed E-state index contributed by atoms with van der Waals surface area (Å²) in [5, 5.41) is 3.70. The van der Waals surface area contributed by atoms with Crippen LogP contribution in [0.1, 0.15) is 5.56 Å². The highest BCUT2D eigenvalue weighted by Gasteiger charge is 2.04. The lowest BCUT2D eigenvalue weighted by molar-refractivity contribution is -0.116. The fourth-order valence-corrected chi connectivity index (χ4v) is 2.63. The maximum Gasteiger partial charge on any atom is 0.244 e. The Morgan fingerprint density at radius 1 is 1.27 bits per heavy atom. The molecule has 118 valence electrons. The summed E-state index contributed by atoms with van der Waals surface area (Å²) in [4.78, 5) is 11.7. The molecule has 0 atom stereocenters. The second-order valence-corrected chi connectivity index (χ2v) is 6.84. The Morgan fingerprint density at radius 2 is 2.00 bits per heavy atom. The molecule has 0 saturated carbocycles. The van der Waals surface area contributed by atoms with E-state index in [9.17, 15) is 13.2 Å². The summed E-state index contributed by atoms with van der Waals surface area (Å²) in [5.41, 5.74) is 2.06. The summed E-state index contributed by atoms with van der Waals surface area (Å²) >= 11 is 0. The number of carbonyl (C=O) groups excluding carboxylic acids is 1. The van der Waals surface area contributed by atoms with Gasteiger partial charge >= 0.3 is 0 Å². The maximum absolute atomic E-state index is 11.7. The van der Waals surface area contributed by atoms with E-state index in [0.29, 0.717) is 0 Å². The van der Waals surface area contributed by atoms with Gasteiger partial charge in [-0.2, -0.15) is 0 Å². The first-order valence-electron chi connectivity index (χ1n) is 6.81. The minimum Gasteiger partial charge on any atom is -0.351 e. The van der Waals surface area contributed by atoms with Crippen molar-refractivity contribution in [3.63, 3.8) is 0 Å². The van der Waals surface area contributed by atoms with E-state index >= 15 is 0 Å². The molecule has 0 bridgehead atoms. The van der Waals surface area contributed by atoms with Crippen LogP contribution in [0.25, 0.3) is 17.0 Å². The highest BCUT2D eigenvalue weighted by Crippen LogP contribution is 2.21. The Hall–Kier alpha value is -2.12. The summed E-state index contributed by atoms with van der Waals surface area (Å²) in [7, 11) is -1.27. The number of carbonyl (C=O) groups is 1. The highest BCUT2D eigenvalue weighted by molar-refractivity contribution is 7.88. The zero-order valence-corrected chi connectivity index (χ0v) is 13.4. The van der Waals surface area contributed by atoms with E-state index in [-0.39, 0.29) is 19.0 Å². The van der Waals surface area contributed by atoms with Gasteiger partial charge in [-0.3, -0.25) is 4.79 Å². The molecular formula is C15H19N3O3S. The Labute approximate surface area is 129 Å².